The van der Waals surface area contributed by atoms with Crippen molar-refractivity contribution in [2.75, 3.05) is 5.75 Å². The van der Waals surface area contributed by atoms with E-state index in [0.29, 0.717) is 11.6 Å². The first-order chi connectivity index (χ1) is 6.24. The molecule has 0 aliphatic heterocycles. The first kappa shape index (κ1) is 10.2. The van der Waals surface area contributed by atoms with Gasteiger partial charge < -0.3 is 4.52 Å². The van der Waals surface area contributed by atoms with Crippen molar-refractivity contribution in [2.24, 2.45) is 0 Å². The van der Waals surface area contributed by atoms with E-state index in [1.54, 1.807) is 11.8 Å². The summed E-state index contributed by atoms with van der Waals surface area (Å²) in [6.45, 7) is 3.53. The predicted molar refractivity (Wildman–Crippen MR) is 50.8 cm³/mol. The Labute approximate surface area is 81.1 Å². The molecule has 0 fully saturated rings. The normalized spacial score (nSPS) is 10.3. The summed E-state index contributed by atoms with van der Waals surface area (Å²) in [5.41, 5.74) is 0. The van der Waals surface area contributed by atoms with Gasteiger partial charge in [-0.1, -0.05) is 12.1 Å². The van der Waals surface area contributed by atoms with Gasteiger partial charge in [-0.15, -0.1) is 0 Å². The van der Waals surface area contributed by atoms with E-state index < -0.39 is 0 Å². The van der Waals surface area contributed by atoms with Crippen molar-refractivity contribution in [2.45, 2.75) is 26.0 Å². The number of rotatable bonds is 5. The van der Waals surface area contributed by atoms with E-state index in [0.717, 1.165) is 12.2 Å². The fourth-order valence-electron chi connectivity index (χ4n) is 0.763. The number of nitrogens with zero attached hydrogens (tertiary/aromatic N) is 2. The summed E-state index contributed by atoms with van der Waals surface area (Å²) in [4.78, 5) is 14.7. The maximum absolute atomic E-state index is 10.8. The van der Waals surface area contributed by atoms with Crippen molar-refractivity contribution in [3.63, 3.8) is 0 Å². The third kappa shape index (κ3) is 3.18. The standard InChI is InChI=1S/C8H12N2O2S/c1-3-4-13-5-7-9-8(6(2)11)12-10-7/h3-5H2,1-2H3. The lowest BCUT2D eigenvalue weighted by Crippen LogP contribution is -1.92. The zero-order valence-electron chi connectivity index (χ0n) is 7.74. The lowest BCUT2D eigenvalue weighted by Gasteiger charge is -1.91. The molecular formula is C8H12N2O2S. The van der Waals surface area contributed by atoms with E-state index in [1.165, 1.54) is 6.92 Å². The zero-order valence-corrected chi connectivity index (χ0v) is 8.56. The highest BCUT2D eigenvalue weighted by Crippen LogP contribution is 2.10. The Morgan fingerprint density at radius 1 is 1.62 bits per heavy atom. The van der Waals surface area contributed by atoms with Crippen LogP contribution in [-0.2, 0) is 5.75 Å². The SMILES string of the molecule is CCCSCc1noc(C(C)=O)n1. The van der Waals surface area contributed by atoms with Crippen molar-refractivity contribution in [3.8, 4) is 0 Å². The van der Waals surface area contributed by atoms with Crippen LogP contribution in [0.15, 0.2) is 4.52 Å². The van der Waals surface area contributed by atoms with Gasteiger partial charge >= 0.3 is 0 Å². The average Bonchev–Trinajstić information content (AvgIpc) is 2.53. The molecule has 0 bridgehead atoms. The Morgan fingerprint density at radius 3 is 2.92 bits per heavy atom. The Kier molecular flexibility index (Phi) is 3.95. The van der Waals surface area contributed by atoms with Crippen LogP contribution in [0.1, 0.15) is 36.8 Å². The minimum absolute atomic E-state index is 0.104. The fourth-order valence-corrected chi connectivity index (χ4v) is 1.50. The summed E-state index contributed by atoms with van der Waals surface area (Å²) < 4.78 is 4.73. The van der Waals surface area contributed by atoms with Crippen LogP contribution < -0.4 is 0 Å². The zero-order chi connectivity index (χ0) is 9.68. The van der Waals surface area contributed by atoms with E-state index in [-0.39, 0.29) is 11.7 Å². The summed E-state index contributed by atoms with van der Waals surface area (Å²) in [7, 11) is 0. The monoisotopic (exact) mass is 200 g/mol. The van der Waals surface area contributed by atoms with E-state index >= 15 is 0 Å². The van der Waals surface area contributed by atoms with Crippen LogP contribution in [0.5, 0.6) is 0 Å². The first-order valence-electron chi connectivity index (χ1n) is 4.15. The molecule has 1 heterocycles. The van der Waals surface area contributed by atoms with Crippen LogP contribution in [0, 0.1) is 0 Å². The number of carbonyl (C=O) groups excluding carboxylic acids is 1. The highest BCUT2D eigenvalue weighted by molar-refractivity contribution is 7.98. The van der Waals surface area contributed by atoms with Gasteiger partial charge in [0.15, 0.2) is 5.82 Å². The van der Waals surface area contributed by atoms with Gasteiger partial charge in [0.05, 0.1) is 5.75 Å². The Hall–Kier alpha value is -0.840. The molecule has 1 rings (SSSR count). The summed E-state index contributed by atoms with van der Waals surface area (Å²) in [6, 6.07) is 0. The molecule has 0 aromatic carbocycles. The van der Waals surface area contributed by atoms with Gasteiger partial charge in [0.25, 0.3) is 5.89 Å². The second-order valence-electron chi connectivity index (χ2n) is 2.62. The number of Topliss-reactive ketones (excluding diaryl/α,β-unsaturated/α-hetero) is 1. The number of aromatic nitrogens is 2. The van der Waals surface area contributed by atoms with Crippen LogP contribution in [0.3, 0.4) is 0 Å². The third-order valence-electron chi connectivity index (χ3n) is 1.35. The highest BCUT2D eigenvalue weighted by Gasteiger charge is 2.09. The molecule has 13 heavy (non-hydrogen) atoms. The molecule has 1 aromatic rings. The quantitative estimate of drug-likeness (QED) is 0.537. The molecule has 0 aliphatic rings. The first-order valence-corrected chi connectivity index (χ1v) is 5.30. The lowest BCUT2D eigenvalue weighted by atomic mass is 10.4. The van der Waals surface area contributed by atoms with Crippen LogP contribution >= 0.6 is 11.8 Å². The van der Waals surface area contributed by atoms with Crippen molar-refractivity contribution >= 4 is 17.5 Å². The van der Waals surface area contributed by atoms with Crippen LogP contribution in [0.2, 0.25) is 0 Å². The molecule has 0 spiro atoms. The van der Waals surface area contributed by atoms with E-state index in [1.807, 2.05) is 0 Å². The molecule has 0 N–H and O–H groups in total. The van der Waals surface area contributed by atoms with Crippen molar-refractivity contribution in [3.05, 3.63) is 11.7 Å². The van der Waals surface area contributed by atoms with E-state index in [9.17, 15) is 4.79 Å². The van der Waals surface area contributed by atoms with Gasteiger partial charge in [0, 0.05) is 6.92 Å². The molecule has 0 radical (unpaired) electrons. The summed E-state index contributed by atoms with van der Waals surface area (Å²) in [5.74, 6) is 2.31. The molecule has 0 unspecified atom stereocenters. The van der Waals surface area contributed by atoms with Crippen LogP contribution in [0.25, 0.3) is 0 Å². The number of ketones is 1. The maximum Gasteiger partial charge on any atom is 0.293 e. The van der Waals surface area contributed by atoms with Crippen molar-refractivity contribution < 1.29 is 9.32 Å². The molecule has 4 nitrogen and oxygen atoms in total. The highest BCUT2D eigenvalue weighted by atomic mass is 32.2. The molecular weight excluding hydrogens is 188 g/mol. The summed E-state index contributed by atoms with van der Waals surface area (Å²) in [5, 5.41) is 3.68. The van der Waals surface area contributed by atoms with Crippen molar-refractivity contribution in [1.82, 2.24) is 10.1 Å². The van der Waals surface area contributed by atoms with Crippen LogP contribution in [-0.4, -0.2) is 21.7 Å². The van der Waals surface area contributed by atoms with Gasteiger partial charge in [-0.3, -0.25) is 4.79 Å². The molecule has 0 saturated carbocycles. The molecule has 5 heteroatoms. The van der Waals surface area contributed by atoms with Gasteiger partial charge in [-0.05, 0) is 12.2 Å². The maximum atomic E-state index is 10.8. The minimum Gasteiger partial charge on any atom is -0.331 e. The number of hydrogen-bond acceptors (Lipinski definition) is 5. The molecule has 0 atom stereocenters. The van der Waals surface area contributed by atoms with Gasteiger partial charge in [-0.25, -0.2) is 0 Å². The molecule has 0 aliphatic carbocycles. The van der Waals surface area contributed by atoms with E-state index in [2.05, 4.69) is 17.1 Å². The average molecular weight is 200 g/mol. The van der Waals surface area contributed by atoms with Crippen molar-refractivity contribution in [1.29, 1.82) is 0 Å². The molecule has 72 valence electrons. The van der Waals surface area contributed by atoms with Gasteiger partial charge in [0.1, 0.15) is 0 Å². The molecule has 1 aromatic heterocycles. The Bertz CT molecular complexity index is 285. The minimum atomic E-state index is -0.181. The fraction of sp³-hybridized carbons (Fsp3) is 0.625. The summed E-state index contributed by atoms with van der Waals surface area (Å²) >= 11 is 1.74. The molecule has 0 amide bonds. The second kappa shape index (κ2) is 5.01. The van der Waals surface area contributed by atoms with Gasteiger partial charge in [0.2, 0.25) is 5.78 Å². The summed E-state index contributed by atoms with van der Waals surface area (Å²) in [6.07, 6.45) is 1.13. The topological polar surface area (TPSA) is 56.0 Å². The second-order valence-corrected chi connectivity index (χ2v) is 3.73. The van der Waals surface area contributed by atoms with Gasteiger partial charge in [-0.2, -0.15) is 16.7 Å². The number of hydrogen-bond donors (Lipinski definition) is 0. The lowest BCUT2D eigenvalue weighted by molar-refractivity contribution is 0.0972. The number of thioether (sulfide) groups is 1. The number of carbonyl (C=O) groups is 1. The largest absolute Gasteiger partial charge is 0.331 e. The van der Waals surface area contributed by atoms with E-state index in [4.69, 9.17) is 4.52 Å². The third-order valence-corrected chi connectivity index (χ3v) is 2.51. The Balaban J connectivity index is 2.44. The Morgan fingerprint density at radius 2 is 2.38 bits per heavy atom. The molecule has 0 saturated heterocycles. The predicted octanol–water partition coefficient (Wildman–Crippen LogP) is 1.92. The van der Waals surface area contributed by atoms with Crippen LogP contribution in [0.4, 0.5) is 0 Å². The smallest absolute Gasteiger partial charge is 0.293 e.